The Morgan fingerprint density at radius 3 is 2.79 bits per heavy atom. The summed E-state index contributed by atoms with van der Waals surface area (Å²) in [5.74, 6) is 0.188. The first-order chi connectivity index (χ1) is 11.5. The van der Waals surface area contributed by atoms with Crippen LogP contribution in [0.2, 0.25) is 0 Å². The molecule has 24 heavy (non-hydrogen) atoms. The first-order valence-corrected chi connectivity index (χ1v) is 9.59. The molecular formula is C15H16N4O3S2. The van der Waals surface area contributed by atoms with Crippen LogP contribution >= 0.6 is 11.3 Å². The number of sulfonamides is 1. The summed E-state index contributed by atoms with van der Waals surface area (Å²) in [6.45, 7) is 1.69. The maximum absolute atomic E-state index is 12.1. The first kappa shape index (κ1) is 16.6. The number of carbonyl (C=O) groups excluding carboxylic acids is 1. The highest BCUT2D eigenvalue weighted by Crippen LogP contribution is 2.15. The third kappa shape index (κ3) is 3.64. The average Bonchev–Trinajstić information content (AvgIpc) is 3.21. The Hall–Kier alpha value is -2.23. The second kappa shape index (κ2) is 6.71. The summed E-state index contributed by atoms with van der Waals surface area (Å²) in [5, 5.41) is 4.34. The molecule has 0 bridgehead atoms. The summed E-state index contributed by atoms with van der Waals surface area (Å²) in [6, 6.07) is 9.79. The lowest BCUT2D eigenvalue weighted by molar-refractivity contribution is -0.122. The van der Waals surface area contributed by atoms with E-state index in [0.29, 0.717) is 5.82 Å². The number of nitrogens with one attached hydrogen (secondary N) is 3. The van der Waals surface area contributed by atoms with Crippen molar-refractivity contribution in [3.8, 4) is 0 Å². The lowest BCUT2D eigenvalue weighted by atomic mass is 10.3. The number of benzene rings is 1. The van der Waals surface area contributed by atoms with Crippen molar-refractivity contribution < 1.29 is 13.2 Å². The third-order valence-electron chi connectivity index (χ3n) is 3.35. The molecule has 0 saturated heterocycles. The molecule has 126 valence electrons. The zero-order valence-electron chi connectivity index (χ0n) is 12.8. The maximum Gasteiger partial charge on any atom is 0.250 e. The van der Waals surface area contributed by atoms with Crippen molar-refractivity contribution in [3.63, 3.8) is 0 Å². The summed E-state index contributed by atoms with van der Waals surface area (Å²) in [7, 11) is -3.68. The van der Waals surface area contributed by atoms with E-state index in [1.165, 1.54) is 13.0 Å². The van der Waals surface area contributed by atoms with Crippen LogP contribution in [0.25, 0.3) is 11.0 Å². The molecule has 1 amide bonds. The monoisotopic (exact) mass is 364 g/mol. The normalized spacial score (nSPS) is 13.0. The van der Waals surface area contributed by atoms with Crippen LogP contribution in [0.5, 0.6) is 0 Å². The molecule has 0 aliphatic heterocycles. The Bertz CT molecular complexity index is 915. The standard InChI is InChI=1S/C15H16N4O3S2/c1-10(19-24(21,22)14-7-4-8-23-14)15(20)16-9-13-17-11-5-2-3-6-12(11)18-13/h2-8,10,19H,9H2,1H3,(H,16,20)(H,17,18). The molecular weight excluding hydrogens is 348 g/mol. The van der Waals surface area contributed by atoms with Gasteiger partial charge in [0, 0.05) is 0 Å². The van der Waals surface area contributed by atoms with Gasteiger partial charge >= 0.3 is 0 Å². The maximum atomic E-state index is 12.1. The molecule has 1 atom stereocenters. The van der Waals surface area contributed by atoms with Gasteiger partial charge in [0.1, 0.15) is 10.0 Å². The molecule has 1 aromatic carbocycles. The smallest absolute Gasteiger partial charge is 0.250 e. The topological polar surface area (TPSA) is 104 Å². The van der Waals surface area contributed by atoms with Crippen LogP contribution in [-0.4, -0.2) is 30.3 Å². The van der Waals surface area contributed by atoms with Gasteiger partial charge in [0.15, 0.2) is 0 Å². The van der Waals surface area contributed by atoms with Gasteiger partial charge in [0.2, 0.25) is 5.91 Å². The number of para-hydroxylation sites is 2. The van der Waals surface area contributed by atoms with Crippen molar-refractivity contribution in [1.29, 1.82) is 0 Å². The molecule has 0 spiro atoms. The largest absolute Gasteiger partial charge is 0.348 e. The summed E-state index contributed by atoms with van der Waals surface area (Å²) >= 11 is 1.10. The fourth-order valence-corrected chi connectivity index (χ4v) is 4.39. The van der Waals surface area contributed by atoms with Gasteiger partial charge in [-0.3, -0.25) is 4.79 Å². The van der Waals surface area contributed by atoms with Crippen molar-refractivity contribution in [2.75, 3.05) is 0 Å². The van der Waals surface area contributed by atoms with Gasteiger partial charge in [0.25, 0.3) is 10.0 Å². The van der Waals surface area contributed by atoms with Gasteiger partial charge in [-0.1, -0.05) is 18.2 Å². The molecule has 1 unspecified atom stereocenters. The van der Waals surface area contributed by atoms with Gasteiger partial charge in [-0.05, 0) is 30.5 Å². The molecule has 0 saturated carbocycles. The Balaban J connectivity index is 1.60. The summed E-state index contributed by atoms with van der Waals surface area (Å²) < 4.78 is 26.7. The Kier molecular flexibility index (Phi) is 4.65. The van der Waals surface area contributed by atoms with Crippen LogP contribution in [0, 0.1) is 0 Å². The van der Waals surface area contributed by atoms with Crippen molar-refractivity contribution in [2.24, 2.45) is 0 Å². The van der Waals surface area contributed by atoms with E-state index in [1.807, 2.05) is 24.3 Å². The van der Waals surface area contributed by atoms with Crippen molar-refractivity contribution in [2.45, 2.75) is 23.7 Å². The highest BCUT2D eigenvalue weighted by Gasteiger charge is 2.22. The van der Waals surface area contributed by atoms with Gasteiger partial charge in [0.05, 0.1) is 23.6 Å². The van der Waals surface area contributed by atoms with Crippen LogP contribution in [0.4, 0.5) is 0 Å². The lowest BCUT2D eigenvalue weighted by Gasteiger charge is -2.13. The molecule has 9 heteroatoms. The van der Waals surface area contributed by atoms with E-state index in [-0.39, 0.29) is 10.8 Å². The second-order valence-electron chi connectivity index (χ2n) is 5.19. The molecule has 0 aliphatic rings. The van der Waals surface area contributed by atoms with Gasteiger partial charge in [-0.15, -0.1) is 11.3 Å². The summed E-state index contributed by atoms with van der Waals surface area (Å²) in [5.41, 5.74) is 1.70. The Morgan fingerprint density at radius 2 is 2.08 bits per heavy atom. The number of rotatable bonds is 6. The molecule has 0 aliphatic carbocycles. The van der Waals surface area contributed by atoms with E-state index in [0.717, 1.165) is 22.4 Å². The Morgan fingerprint density at radius 1 is 1.29 bits per heavy atom. The van der Waals surface area contributed by atoms with Gasteiger partial charge in [-0.25, -0.2) is 13.4 Å². The average molecular weight is 364 g/mol. The lowest BCUT2D eigenvalue weighted by Crippen LogP contribution is -2.44. The molecule has 2 aromatic heterocycles. The van der Waals surface area contributed by atoms with Crippen LogP contribution in [0.15, 0.2) is 46.0 Å². The number of fused-ring (bicyclic) bond motifs is 1. The second-order valence-corrected chi connectivity index (χ2v) is 8.08. The van der Waals surface area contributed by atoms with E-state index in [1.54, 1.807) is 11.4 Å². The Labute approximate surface area is 143 Å². The summed E-state index contributed by atoms with van der Waals surface area (Å²) in [6.07, 6.45) is 0. The molecule has 2 heterocycles. The summed E-state index contributed by atoms with van der Waals surface area (Å²) in [4.78, 5) is 19.6. The molecule has 3 aromatic rings. The van der Waals surface area contributed by atoms with Crippen LogP contribution in [0.3, 0.4) is 0 Å². The number of hydrogen-bond acceptors (Lipinski definition) is 5. The fourth-order valence-electron chi connectivity index (χ4n) is 2.17. The van der Waals surface area contributed by atoms with Crippen LogP contribution in [-0.2, 0) is 21.4 Å². The quantitative estimate of drug-likeness (QED) is 0.618. The highest BCUT2D eigenvalue weighted by molar-refractivity contribution is 7.91. The molecule has 3 rings (SSSR count). The zero-order valence-corrected chi connectivity index (χ0v) is 14.4. The fraction of sp³-hybridized carbons (Fsp3) is 0.200. The van der Waals surface area contributed by atoms with Crippen molar-refractivity contribution in [3.05, 3.63) is 47.6 Å². The van der Waals surface area contributed by atoms with Gasteiger partial charge < -0.3 is 10.3 Å². The molecule has 0 radical (unpaired) electrons. The number of amides is 1. The van der Waals surface area contributed by atoms with E-state index in [4.69, 9.17) is 0 Å². The number of hydrogen-bond donors (Lipinski definition) is 3. The van der Waals surface area contributed by atoms with Crippen molar-refractivity contribution in [1.82, 2.24) is 20.0 Å². The minimum absolute atomic E-state index is 0.180. The van der Waals surface area contributed by atoms with E-state index in [9.17, 15) is 13.2 Å². The van der Waals surface area contributed by atoms with Crippen LogP contribution in [0.1, 0.15) is 12.7 Å². The SMILES string of the molecule is CC(NS(=O)(=O)c1cccs1)C(=O)NCc1nc2ccccc2[nH]1. The number of imidazole rings is 1. The number of thiophene rings is 1. The predicted molar refractivity (Wildman–Crippen MR) is 92.0 cm³/mol. The zero-order chi connectivity index (χ0) is 17.2. The minimum Gasteiger partial charge on any atom is -0.348 e. The van der Waals surface area contributed by atoms with E-state index in [2.05, 4.69) is 20.0 Å². The van der Waals surface area contributed by atoms with E-state index >= 15 is 0 Å². The van der Waals surface area contributed by atoms with E-state index < -0.39 is 22.0 Å². The number of aromatic amines is 1. The molecule has 0 fully saturated rings. The molecule has 7 nitrogen and oxygen atoms in total. The first-order valence-electron chi connectivity index (χ1n) is 7.23. The molecule has 3 N–H and O–H groups in total. The highest BCUT2D eigenvalue weighted by atomic mass is 32.2. The number of nitrogens with zero attached hydrogens (tertiary/aromatic N) is 1. The number of H-pyrrole nitrogens is 1. The minimum atomic E-state index is -3.68. The van der Waals surface area contributed by atoms with Crippen molar-refractivity contribution >= 4 is 38.3 Å². The third-order valence-corrected chi connectivity index (χ3v) is 6.29. The predicted octanol–water partition coefficient (Wildman–Crippen LogP) is 1.61. The number of carbonyl (C=O) groups is 1. The number of aromatic nitrogens is 2. The van der Waals surface area contributed by atoms with Gasteiger partial charge in [-0.2, -0.15) is 4.72 Å². The van der Waals surface area contributed by atoms with Crippen LogP contribution < -0.4 is 10.0 Å².